The number of carbonyl (C=O) groups excluding carboxylic acids is 2. The smallest absolute Gasteiger partial charge is 0.408 e. The molecule has 36 heavy (non-hydrogen) atoms. The van der Waals surface area contributed by atoms with Crippen molar-refractivity contribution in [2.45, 2.75) is 40.0 Å². The molecule has 1 fully saturated rings. The molecule has 4 rings (SSSR count). The minimum absolute atomic E-state index is 0.0712. The summed E-state index contributed by atoms with van der Waals surface area (Å²) in [6.07, 6.45) is -0.592. The Morgan fingerprint density at radius 2 is 1.72 bits per heavy atom. The number of piperazine rings is 1. The molecule has 9 nitrogen and oxygen atoms in total. The lowest BCUT2D eigenvalue weighted by molar-refractivity contribution is -0.136. The van der Waals surface area contributed by atoms with Crippen LogP contribution in [0.5, 0.6) is 0 Å². The number of ether oxygens (including phenoxy) is 1. The SMILES string of the molecule is Cc1ccccc1-c1noc(CN2CCN(C(=O)[C@@H](NC(=O)OCc3ccccc3)C(C)C)CC2)n1. The molecule has 0 unspecified atom stereocenters. The first-order chi connectivity index (χ1) is 17.4. The summed E-state index contributed by atoms with van der Waals surface area (Å²) >= 11 is 0. The molecule has 0 radical (unpaired) electrons. The van der Waals surface area contributed by atoms with Crippen molar-refractivity contribution in [3.8, 4) is 11.4 Å². The van der Waals surface area contributed by atoms with Crippen LogP contribution in [-0.4, -0.2) is 64.2 Å². The van der Waals surface area contributed by atoms with E-state index in [0.717, 1.165) is 16.7 Å². The molecule has 1 saturated heterocycles. The summed E-state index contributed by atoms with van der Waals surface area (Å²) < 4.78 is 10.8. The number of aryl methyl sites for hydroxylation is 1. The first-order valence-corrected chi connectivity index (χ1v) is 12.3. The van der Waals surface area contributed by atoms with Crippen LogP contribution in [0.25, 0.3) is 11.4 Å². The minimum atomic E-state index is -0.646. The zero-order valence-corrected chi connectivity index (χ0v) is 21.0. The number of nitrogens with zero attached hydrogens (tertiary/aromatic N) is 4. The van der Waals surface area contributed by atoms with Crippen LogP contribution in [0.3, 0.4) is 0 Å². The lowest BCUT2D eigenvalue weighted by atomic mass is 10.0. The van der Waals surface area contributed by atoms with Gasteiger partial charge in [-0.1, -0.05) is 73.6 Å². The monoisotopic (exact) mass is 491 g/mol. The van der Waals surface area contributed by atoms with Gasteiger partial charge in [-0.15, -0.1) is 0 Å². The number of hydrogen-bond acceptors (Lipinski definition) is 7. The number of aromatic nitrogens is 2. The van der Waals surface area contributed by atoms with E-state index in [0.29, 0.717) is 44.4 Å². The Balaban J connectivity index is 1.27. The topological polar surface area (TPSA) is 101 Å². The lowest BCUT2D eigenvalue weighted by Gasteiger charge is -2.36. The molecule has 2 amide bonds. The van der Waals surface area contributed by atoms with E-state index in [-0.39, 0.29) is 18.4 Å². The predicted molar refractivity (Wildman–Crippen MR) is 135 cm³/mol. The summed E-state index contributed by atoms with van der Waals surface area (Å²) in [4.78, 5) is 34.1. The molecule has 1 atom stereocenters. The van der Waals surface area contributed by atoms with Crippen molar-refractivity contribution in [2.24, 2.45) is 5.92 Å². The van der Waals surface area contributed by atoms with Crippen molar-refractivity contribution in [3.05, 3.63) is 71.6 Å². The molecule has 1 N–H and O–H groups in total. The van der Waals surface area contributed by atoms with Gasteiger partial charge in [0.05, 0.1) is 6.54 Å². The number of rotatable bonds is 8. The number of hydrogen-bond donors (Lipinski definition) is 1. The Morgan fingerprint density at radius 3 is 2.42 bits per heavy atom. The number of amides is 2. The van der Waals surface area contributed by atoms with Crippen LogP contribution in [0.1, 0.15) is 30.9 Å². The van der Waals surface area contributed by atoms with E-state index in [1.807, 2.05) is 75.4 Å². The molecule has 0 saturated carbocycles. The van der Waals surface area contributed by atoms with Gasteiger partial charge in [0.15, 0.2) is 0 Å². The van der Waals surface area contributed by atoms with Crippen LogP contribution in [0.2, 0.25) is 0 Å². The van der Waals surface area contributed by atoms with E-state index < -0.39 is 12.1 Å². The molecular formula is C27H33N5O4. The molecule has 1 aromatic heterocycles. The second-order valence-electron chi connectivity index (χ2n) is 9.36. The van der Waals surface area contributed by atoms with Gasteiger partial charge in [-0.2, -0.15) is 4.98 Å². The summed E-state index contributed by atoms with van der Waals surface area (Å²) in [5.74, 6) is 0.969. The third kappa shape index (κ3) is 6.48. The molecule has 1 aliphatic rings. The van der Waals surface area contributed by atoms with Crippen molar-refractivity contribution >= 4 is 12.0 Å². The highest BCUT2D eigenvalue weighted by Crippen LogP contribution is 2.20. The van der Waals surface area contributed by atoms with Gasteiger partial charge in [0, 0.05) is 31.7 Å². The molecule has 1 aliphatic heterocycles. The standard InChI is InChI=1S/C27H33N5O4/c1-19(2)24(29-27(34)35-18-21-10-5-4-6-11-21)26(33)32-15-13-31(14-16-32)17-23-28-25(30-36-23)22-12-8-7-9-20(22)3/h4-12,19,24H,13-18H2,1-3H3,(H,29,34)/t24-/m0/s1. The van der Waals surface area contributed by atoms with Crippen LogP contribution in [-0.2, 0) is 22.7 Å². The van der Waals surface area contributed by atoms with Crippen molar-refractivity contribution in [1.82, 2.24) is 25.3 Å². The zero-order chi connectivity index (χ0) is 25.5. The highest BCUT2D eigenvalue weighted by Gasteiger charge is 2.31. The highest BCUT2D eigenvalue weighted by molar-refractivity contribution is 5.86. The molecule has 0 spiro atoms. The van der Waals surface area contributed by atoms with Gasteiger partial charge in [0.1, 0.15) is 12.6 Å². The normalized spacial score (nSPS) is 15.1. The van der Waals surface area contributed by atoms with Gasteiger partial charge in [0.25, 0.3) is 0 Å². The fraction of sp³-hybridized carbons (Fsp3) is 0.407. The number of benzene rings is 2. The van der Waals surface area contributed by atoms with Crippen LogP contribution in [0.4, 0.5) is 4.79 Å². The fourth-order valence-corrected chi connectivity index (χ4v) is 4.17. The second kappa shape index (κ2) is 11.8. The maximum atomic E-state index is 13.2. The van der Waals surface area contributed by atoms with Gasteiger partial charge in [-0.05, 0) is 24.0 Å². The molecule has 9 heteroatoms. The van der Waals surface area contributed by atoms with Gasteiger partial charge in [-0.3, -0.25) is 9.69 Å². The maximum absolute atomic E-state index is 13.2. The second-order valence-corrected chi connectivity index (χ2v) is 9.36. The summed E-state index contributed by atoms with van der Waals surface area (Å²) in [5, 5.41) is 6.89. The summed E-state index contributed by atoms with van der Waals surface area (Å²) in [7, 11) is 0. The average Bonchev–Trinajstić information content (AvgIpc) is 3.35. The predicted octanol–water partition coefficient (Wildman–Crippen LogP) is 3.64. The van der Waals surface area contributed by atoms with E-state index in [2.05, 4.69) is 20.4 Å². The Labute approximate surface area is 211 Å². The minimum Gasteiger partial charge on any atom is -0.445 e. The zero-order valence-electron chi connectivity index (χ0n) is 21.0. The van der Waals surface area contributed by atoms with E-state index in [4.69, 9.17) is 9.26 Å². The van der Waals surface area contributed by atoms with Gasteiger partial charge in [0.2, 0.25) is 17.6 Å². The van der Waals surface area contributed by atoms with Crippen LogP contribution in [0.15, 0.2) is 59.1 Å². The van der Waals surface area contributed by atoms with E-state index in [1.54, 1.807) is 4.90 Å². The van der Waals surface area contributed by atoms with E-state index in [1.165, 1.54) is 0 Å². The molecule has 2 aromatic carbocycles. The highest BCUT2D eigenvalue weighted by atomic mass is 16.5. The van der Waals surface area contributed by atoms with Crippen molar-refractivity contribution in [1.29, 1.82) is 0 Å². The number of carbonyl (C=O) groups is 2. The molecule has 2 heterocycles. The molecular weight excluding hydrogens is 458 g/mol. The first-order valence-electron chi connectivity index (χ1n) is 12.3. The molecule has 3 aromatic rings. The van der Waals surface area contributed by atoms with Crippen LogP contribution >= 0.6 is 0 Å². The number of nitrogens with one attached hydrogen (secondary N) is 1. The Kier molecular flexibility index (Phi) is 8.32. The third-order valence-corrected chi connectivity index (χ3v) is 6.32. The third-order valence-electron chi connectivity index (χ3n) is 6.32. The Bertz CT molecular complexity index is 1160. The van der Waals surface area contributed by atoms with Gasteiger partial charge < -0.3 is 19.5 Å². The van der Waals surface area contributed by atoms with Crippen molar-refractivity contribution in [2.75, 3.05) is 26.2 Å². The van der Waals surface area contributed by atoms with E-state index in [9.17, 15) is 9.59 Å². The van der Waals surface area contributed by atoms with Crippen LogP contribution in [0, 0.1) is 12.8 Å². The molecule has 0 aliphatic carbocycles. The fourth-order valence-electron chi connectivity index (χ4n) is 4.17. The van der Waals surface area contributed by atoms with E-state index >= 15 is 0 Å². The summed E-state index contributed by atoms with van der Waals surface area (Å²) in [6.45, 7) is 9.00. The lowest BCUT2D eigenvalue weighted by Crippen LogP contribution is -2.56. The quantitative estimate of drug-likeness (QED) is 0.513. The summed E-state index contributed by atoms with van der Waals surface area (Å²) in [6, 6.07) is 16.7. The van der Waals surface area contributed by atoms with Gasteiger partial charge in [-0.25, -0.2) is 4.79 Å². The average molecular weight is 492 g/mol. The van der Waals surface area contributed by atoms with Crippen molar-refractivity contribution in [3.63, 3.8) is 0 Å². The first kappa shape index (κ1) is 25.4. The molecule has 190 valence electrons. The van der Waals surface area contributed by atoms with Crippen molar-refractivity contribution < 1.29 is 18.8 Å². The van der Waals surface area contributed by atoms with Gasteiger partial charge >= 0.3 is 6.09 Å². The summed E-state index contributed by atoms with van der Waals surface area (Å²) in [5.41, 5.74) is 2.94. The van der Waals surface area contributed by atoms with Crippen LogP contribution < -0.4 is 5.32 Å². The Morgan fingerprint density at radius 1 is 1.03 bits per heavy atom. The largest absolute Gasteiger partial charge is 0.445 e. The molecule has 0 bridgehead atoms. The maximum Gasteiger partial charge on any atom is 0.408 e. The number of alkyl carbamates (subject to hydrolysis) is 1. The Hall–Kier alpha value is -3.72.